The molecule has 1 aliphatic rings. The molecule has 1 aliphatic heterocycles. The summed E-state index contributed by atoms with van der Waals surface area (Å²) in [6.07, 6.45) is 0.0444. The van der Waals surface area contributed by atoms with E-state index in [1.54, 1.807) is 6.07 Å². The van der Waals surface area contributed by atoms with Crippen LogP contribution >= 0.6 is 15.9 Å². The molecule has 1 heterocycles. The first-order chi connectivity index (χ1) is 13.2. The van der Waals surface area contributed by atoms with Gasteiger partial charge in [-0.25, -0.2) is 0 Å². The topological polar surface area (TPSA) is 26.7 Å². The van der Waals surface area contributed by atoms with Crippen molar-refractivity contribution in [1.82, 2.24) is 9.80 Å². The Morgan fingerprint density at radius 1 is 0.778 bits per heavy atom. The maximum Gasteiger partial charge on any atom is 0.121 e. The van der Waals surface area contributed by atoms with Gasteiger partial charge in [0.2, 0.25) is 0 Å². The minimum Gasteiger partial charge on any atom is -0.508 e. The minimum atomic E-state index is 0.0444. The second-order valence-corrected chi connectivity index (χ2v) is 7.90. The van der Waals surface area contributed by atoms with Gasteiger partial charge in [0.05, 0.1) is 6.17 Å². The van der Waals surface area contributed by atoms with Gasteiger partial charge in [-0.15, -0.1) is 0 Å². The van der Waals surface area contributed by atoms with Gasteiger partial charge >= 0.3 is 0 Å². The number of hydrogen-bond acceptors (Lipinski definition) is 3. The molecule has 138 valence electrons. The zero-order valence-electron chi connectivity index (χ0n) is 15.1. The molecular formula is C23H23BrN2O. The molecule has 0 aromatic heterocycles. The van der Waals surface area contributed by atoms with Crippen molar-refractivity contribution in [1.29, 1.82) is 0 Å². The van der Waals surface area contributed by atoms with E-state index in [-0.39, 0.29) is 6.17 Å². The van der Waals surface area contributed by atoms with Gasteiger partial charge in [0, 0.05) is 36.2 Å². The molecule has 1 saturated heterocycles. The predicted octanol–water partition coefficient (Wildman–Crippen LogP) is 5.17. The van der Waals surface area contributed by atoms with Gasteiger partial charge in [0.1, 0.15) is 5.75 Å². The molecule has 3 aromatic carbocycles. The third-order valence-electron chi connectivity index (χ3n) is 5.09. The van der Waals surface area contributed by atoms with Crippen LogP contribution in [0.2, 0.25) is 0 Å². The first-order valence-corrected chi connectivity index (χ1v) is 10.0. The molecule has 4 rings (SSSR count). The fraction of sp³-hybridized carbons (Fsp3) is 0.217. The SMILES string of the molecule is Oc1ccc(Br)cc1C1N(Cc2ccccc2)CCN1Cc1ccccc1. The highest BCUT2D eigenvalue weighted by Crippen LogP contribution is 2.38. The monoisotopic (exact) mass is 422 g/mol. The fourth-order valence-corrected chi connectivity index (χ4v) is 4.20. The third kappa shape index (κ3) is 4.24. The van der Waals surface area contributed by atoms with Crippen molar-refractivity contribution in [3.05, 3.63) is 100 Å². The highest BCUT2D eigenvalue weighted by atomic mass is 79.9. The summed E-state index contributed by atoms with van der Waals surface area (Å²) < 4.78 is 0.988. The van der Waals surface area contributed by atoms with Gasteiger partial charge in [-0.1, -0.05) is 76.6 Å². The van der Waals surface area contributed by atoms with Crippen molar-refractivity contribution in [2.45, 2.75) is 19.3 Å². The van der Waals surface area contributed by atoms with Crippen LogP contribution in [-0.2, 0) is 13.1 Å². The molecule has 0 bridgehead atoms. The third-order valence-corrected chi connectivity index (χ3v) is 5.58. The lowest BCUT2D eigenvalue weighted by Crippen LogP contribution is -2.30. The molecule has 0 spiro atoms. The molecule has 27 heavy (non-hydrogen) atoms. The average molecular weight is 423 g/mol. The lowest BCUT2D eigenvalue weighted by molar-refractivity contribution is 0.123. The molecule has 0 aliphatic carbocycles. The molecule has 0 atom stereocenters. The lowest BCUT2D eigenvalue weighted by atomic mass is 10.1. The highest BCUT2D eigenvalue weighted by molar-refractivity contribution is 9.10. The summed E-state index contributed by atoms with van der Waals surface area (Å²) in [7, 11) is 0. The number of halogens is 1. The van der Waals surface area contributed by atoms with Crippen LogP contribution in [0.4, 0.5) is 0 Å². The first-order valence-electron chi connectivity index (χ1n) is 9.25. The number of hydrogen-bond donors (Lipinski definition) is 1. The summed E-state index contributed by atoms with van der Waals surface area (Å²) in [5, 5.41) is 10.6. The Hall–Kier alpha value is -2.14. The van der Waals surface area contributed by atoms with E-state index in [1.807, 2.05) is 24.3 Å². The van der Waals surface area contributed by atoms with Crippen molar-refractivity contribution in [2.75, 3.05) is 13.1 Å². The van der Waals surface area contributed by atoms with Gasteiger partial charge in [0.15, 0.2) is 0 Å². The normalized spacial score (nSPS) is 16.0. The molecule has 0 radical (unpaired) electrons. The summed E-state index contributed by atoms with van der Waals surface area (Å²) in [5.74, 6) is 0.348. The standard InChI is InChI=1S/C23H23BrN2O/c24-20-11-12-22(27)21(15-20)23-25(16-18-7-3-1-4-8-18)13-14-26(23)17-19-9-5-2-6-10-19/h1-12,15,23,27H,13-14,16-17H2. The van der Waals surface area contributed by atoms with Crippen LogP contribution in [0.3, 0.4) is 0 Å². The van der Waals surface area contributed by atoms with Crippen LogP contribution in [0, 0.1) is 0 Å². The number of benzene rings is 3. The Morgan fingerprint density at radius 3 is 1.81 bits per heavy atom. The zero-order chi connectivity index (χ0) is 18.6. The molecule has 4 heteroatoms. The van der Waals surface area contributed by atoms with E-state index in [4.69, 9.17) is 0 Å². The van der Waals surface area contributed by atoms with Crippen LogP contribution < -0.4 is 0 Å². The second-order valence-electron chi connectivity index (χ2n) is 6.99. The highest BCUT2D eigenvalue weighted by Gasteiger charge is 2.34. The van der Waals surface area contributed by atoms with E-state index in [1.165, 1.54) is 11.1 Å². The second kappa shape index (κ2) is 8.26. The van der Waals surface area contributed by atoms with Gasteiger partial charge in [0.25, 0.3) is 0 Å². The van der Waals surface area contributed by atoms with Gasteiger partial charge in [-0.3, -0.25) is 9.80 Å². The van der Waals surface area contributed by atoms with Crippen molar-refractivity contribution >= 4 is 15.9 Å². The van der Waals surface area contributed by atoms with Crippen LogP contribution in [0.25, 0.3) is 0 Å². The van der Waals surface area contributed by atoms with Crippen molar-refractivity contribution in [3.63, 3.8) is 0 Å². The van der Waals surface area contributed by atoms with Crippen LogP contribution in [0.15, 0.2) is 83.3 Å². The number of phenols is 1. The van der Waals surface area contributed by atoms with Crippen molar-refractivity contribution in [3.8, 4) is 5.75 Å². The van der Waals surface area contributed by atoms with E-state index in [0.29, 0.717) is 5.75 Å². The molecular weight excluding hydrogens is 400 g/mol. The fourth-order valence-electron chi connectivity index (χ4n) is 3.82. The molecule has 0 amide bonds. The minimum absolute atomic E-state index is 0.0444. The van der Waals surface area contributed by atoms with E-state index >= 15 is 0 Å². The van der Waals surface area contributed by atoms with Gasteiger partial charge < -0.3 is 5.11 Å². The summed E-state index contributed by atoms with van der Waals surface area (Å²) in [5.41, 5.74) is 3.53. The van der Waals surface area contributed by atoms with Crippen molar-refractivity contribution < 1.29 is 5.11 Å². The van der Waals surface area contributed by atoms with E-state index < -0.39 is 0 Å². The number of phenolic OH excluding ortho intramolecular Hbond substituents is 1. The first kappa shape index (κ1) is 18.2. The lowest BCUT2D eigenvalue weighted by Gasteiger charge is -2.31. The summed E-state index contributed by atoms with van der Waals surface area (Å²) in [6.45, 7) is 3.67. The summed E-state index contributed by atoms with van der Waals surface area (Å²) in [4.78, 5) is 4.89. The van der Waals surface area contributed by atoms with Crippen LogP contribution in [0.1, 0.15) is 22.9 Å². The van der Waals surface area contributed by atoms with Gasteiger partial charge in [-0.2, -0.15) is 0 Å². The summed E-state index contributed by atoms with van der Waals surface area (Å²) >= 11 is 3.57. The number of nitrogens with zero attached hydrogens (tertiary/aromatic N) is 2. The molecule has 0 saturated carbocycles. The Bertz CT molecular complexity index is 836. The maximum atomic E-state index is 10.6. The number of aromatic hydroxyl groups is 1. The average Bonchev–Trinajstić information content (AvgIpc) is 3.07. The smallest absolute Gasteiger partial charge is 0.121 e. The Labute approximate surface area is 169 Å². The molecule has 1 fully saturated rings. The molecule has 0 unspecified atom stereocenters. The van der Waals surface area contributed by atoms with Gasteiger partial charge in [-0.05, 0) is 29.3 Å². The largest absolute Gasteiger partial charge is 0.508 e. The maximum absolute atomic E-state index is 10.6. The molecule has 3 aromatic rings. The molecule has 1 N–H and O–H groups in total. The Balaban J connectivity index is 1.66. The Morgan fingerprint density at radius 2 is 1.30 bits per heavy atom. The van der Waals surface area contributed by atoms with E-state index in [2.05, 4.69) is 74.3 Å². The van der Waals surface area contributed by atoms with Crippen LogP contribution in [0.5, 0.6) is 5.75 Å². The van der Waals surface area contributed by atoms with Crippen LogP contribution in [-0.4, -0.2) is 28.0 Å². The Kier molecular flexibility index (Phi) is 5.58. The molecule has 3 nitrogen and oxygen atoms in total. The quantitative estimate of drug-likeness (QED) is 0.613. The predicted molar refractivity (Wildman–Crippen MR) is 112 cm³/mol. The van der Waals surface area contributed by atoms with E-state index in [0.717, 1.165) is 36.2 Å². The van der Waals surface area contributed by atoms with Crippen molar-refractivity contribution in [2.24, 2.45) is 0 Å². The van der Waals surface area contributed by atoms with E-state index in [9.17, 15) is 5.11 Å². The zero-order valence-corrected chi connectivity index (χ0v) is 16.7. The number of rotatable bonds is 5. The summed E-state index contributed by atoms with van der Waals surface area (Å²) in [6, 6.07) is 26.8.